The van der Waals surface area contributed by atoms with Gasteiger partial charge in [0.25, 0.3) is 0 Å². The van der Waals surface area contributed by atoms with E-state index in [0.29, 0.717) is 5.56 Å². The first-order chi connectivity index (χ1) is 9.19. The van der Waals surface area contributed by atoms with Gasteiger partial charge in [0.15, 0.2) is 11.6 Å². The molecule has 1 heterocycles. The maximum absolute atomic E-state index is 13.2. The second-order valence-corrected chi connectivity index (χ2v) is 3.63. The third-order valence-corrected chi connectivity index (χ3v) is 2.21. The van der Waals surface area contributed by atoms with Crippen molar-refractivity contribution < 1.29 is 13.5 Å². The monoisotopic (exact) mass is 263 g/mol. The van der Waals surface area contributed by atoms with Crippen LogP contribution < -0.4 is 4.74 Å². The molecular formula is C13H11F2N3O. The zero-order valence-electron chi connectivity index (χ0n) is 10.2. The molecule has 0 saturated heterocycles. The minimum Gasteiger partial charge on any atom is -0.459 e. The van der Waals surface area contributed by atoms with Gasteiger partial charge in [-0.1, -0.05) is 12.1 Å². The summed E-state index contributed by atoms with van der Waals surface area (Å²) < 4.78 is 31.4. The Morgan fingerprint density at radius 1 is 1.37 bits per heavy atom. The van der Waals surface area contributed by atoms with Crippen molar-refractivity contribution in [1.29, 1.82) is 0 Å². The molecule has 0 amide bonds. The minimum atomic E-state index is -0.629. The Kier molecular flexibility index (Phi) is 4.12. The summed E-state index contributed by atoms with van der Waals surface area (Å²) in [6.45, 7) is 1.74. The highest BCUT2D eigenvalue weighted by molar-refractivity contribution is 5.58. The molecule has 2 aromatic rings. The molecule has 4 nitrogen and oxygen atoms in total. The van der Waals surface area contributed by atoms with Crippen LogP contribution in [0.5, 0.6) is 6.01 Å². The van der Waals surface area contributed by atoms with E-state index >= 15 is 0 Å². The zero-order chi connectivity index (χ0) is 13.7. The van der Waals surface area contributed by atoms with E-state index in [4.69, 9.17) is 4.74 Å². The smallest absolute Gasteiger partial charge is 0.318 e. The lowest BCUT2D eigenvalue weighted by atomic mass is 10.2. The molecule has 0 saturated carbocycles. The number of nitrogens with zero attached hydrogens (tertiary/aromatic N) is 3. The van der Waals surface area contributed by atoms with Crippen molar-refractivity contribution in [1.82, 2.24) is 9.97 Å². The molecule has 0 fully saturated rings. The zero-order valence-corrected chi connectivity index (χ0v) is 10.2. The first-order valence-corrected chi connectivity index (χ1v) is 5.57. The molecule has 6 heteroatoms. The summed E-state index contributed by atoms with van der Waals surface area (Å²) in [7, 11) is 0. The molecule has 1 aromatic carbocycles. The van der Waals surface area contributed by atoms with Crippen LogP contribution in [-0.4, -0.2) is 16.2 Å². The molecule has 0 bridgehead atoms. The molecule has 0 spiro atoms. The quantitative estimate of drug-likeness (QED) is 0.796. The lowest BCUT2D eigenvalue weighted by Crippen LogP contribution is -2.00. The molecule has 0 aliphatic rings. The average molecular weight is 263 g/mol. The third-order valence-electron chi connectivity index (χ3n) is 2.21. The maximum Gasteiger partial charge on any atom is 0.318 e. The summed E-state index contributed by atoms with van der Waals surface area (Å²) >= 11 is 0. The van der Waals surface area contributed by atoms with Crippen LogP contribution in [0.3, 0.4) is 0 Å². The van der Waals surface area contributed by atoms with Gasteiger partial charge < -0.3 is 4.74 Å². The highest BCUT2D eigenvalue weighted by Gasteiger charge is 2.06. The first kappa shape index (κ1) is 13.1. The van der Waals surface area contributed by atoms with Crippen LogP contribution >= 0.6 is 0 Å². The maximum atomic E-state index is 13.2. The minimum absolute atomic E-state index is 0.00809. The van der Waals surface area contributed by atoms with Crippen LogP contribution in [0.15, 0.2) is 35.5 Å². The molecular weight excluding hydrogens is 252 g/mol. The van der Waals surface area contributed by atoms with E-state index in [0.717, 1.165) is 6.20 Å². The summed E-state index contributed by atoms with van der Waals surface area (Å²) in [6.07, 6.45) is 2.40. The fourth-order valence-electron chi connectivity index (χ4n) is 1.40. The van der Waals surface area contributed by atoms with Crippen molar-refractivity contribution in [3.8, 4) is 6.01 Å². The van der Waals surface area contributed by atoms with Crippen molar-refractivity contribution in [2.75, 3.05) is 0 Å². The largest absolute Gasteiger partial charge is 0.459 e. The highest BCUT2D eigenvalue weighted by atomic mass is 19.1. The first-order valence-electron chi connectivity index (χ1n) is 5.57. The van der Waals surface area contributed by atoms with Crippen LogP contribution in [0.2, 0.25) is 0 Å². The number of aliphatic imine (C=N–C) groups is 1. The van der Waals surface area contributed by atoms with Gasteiger partial charge in [-0.05, 0) is 24.6 Å². The molecule has 0 unspecified atom stereocenters. The predicted molar refractivity (Wildman–Crippen MR) is 66.5 cm³/mol. The third kappa shape index (κ3) is 3.54. The van der Waals surface area contributed by atoms with E-state index in [1.165, 1.54) is 18.3 Å². The van der Waals surface area contributed by atoms with E-state index < -0.39 is 5.82 Å². The van der Waals surface area contributed by atoms with Crippen LogP contribution in [0.4, 0.5) is 14.6 Å². The molecule has 0 atom stereocenters. The second-order valence-electron chi connectivity index (χ2n) is 3.63. The van der Waals surface area contributed by atoms with E-state index in [1.54, 1.807) is 19.1 Å². The van der Waals surface area contributed by atoms with E-state index in [9.17, 15) is 8.78 Å². The number of hydrogen-bond acceptors (Lipinski definition) is 4. The van der Waals surface area contributed by atoms with Gasteiger partial charge in [0, 0.05) is 6.21 Å². The number of aromatic nitrogens is 2. The fourth-order valence-corrected chi connectivity index (χ4v) is 1.40. The van der Waals surface area contributed by atoms with E-state index in [1.807, 2.05) is 0 Å². The second kappa shape index (κ2) is 5.99. The summed E-state index contributed by atoms with van der Waals surface area (Å²) in [5.74, 6) is -1.07. The number of hydrogen-bond donors (Lipinski definition) is 0. The van der Waals surface area contributed by atoms with Crippen LogP contribution in [0, 0.1) is 11.6 Å². The Morgan fingerprint density at radius 3 is 2.95 bits per heavy atom. The Morgan fingerprint density at radius 2 is 2.21 bits per heavy atom. The van der Waals surface area contributed by atoms with Gasteiger partial charge in [-0.3, -0.25) is 0 Å². The van der Waals surface area contributed by atoms with Gasteiger partial charge in [0.05, 0.1) is 6.20 Å². The summed E-state index contributed by atoms with van der Waals surface area (Å²) in [4.78, 5) is 11.2. The number of rotatable bonds is 4. The van der Waals surface area contributed by atoms with Gasteiger partial charge >= 0.3 is 6.01 Å². The lowest BCUT2D eigenvalue weighted by Gasteiger charge is -2.05. The number of ether oxygens (including phenoxy) is 1. The molecule has 2 rings (SSSR count). The van der Waals surface area contributed by atoms with Crippen molar-refractivity contribution in [2.24, 2.45) is 4.99 Å². The normalized spacial score (nSPS) is 10.9. The van der Waals surface area contributed by atoms with Gasteiger partial charge in [0.2, 0.25) is 0 Å². The van der Waals surface area contributed by atoms with E-state index in [-0.39, 0.29) is 24.3 Å². The molecule has 0 N–H and O–H groups in total. The Labute approximate surface area is 108 Å². The molecule has 98 valence electrons. The lowest BCUT2D eigenvalue weighted by molar-refractivity contribution is 0.279. The Hall–Kier alpha value is -2.37. The Balaban J connectivity index is 2.09. The van der Waals surface area contributed by atoms with Gasteiger partial charge in [-0.25, -0.2) is 18.8 Å². The molecule has 0 aliphatic heterocycles. The highest BCUT2D eigenvalue weighted by Crippen LogP contribution is 2.16. The fraction of sp³-hybridized carbons (Fsp3) is 0.154. The van der Waals surface area contributed by atoms with Gasteiger partial charge in [-0.15, -0.1) is 0 Å². The molecule has 19 heavy (non-hydrogen) atoms. The summed E-state index contributed by atoms with van der Waals surface area (Å²) in [5.41, 5.74) is 0.633. The van der Waals surface area contributed by atoms with Crippen LogP contribution in [0.1, 0.15) is 12.5 Å². The van der Waals surface area contributed by atoms with Gasteiger partial charge in [0.1, 0.15) is 12.4 Å². The van der Waals surface area contributed by atoms with Crippen molar-refractivity contribution in [3.63, 3.8) is 0 Å². The van der Waals surface area contributed by atoms with Crippen molar-refractivity contribution >= 4 is 12.0 Å². The van der Waals surface area contributed by atoms with Gasteiger partial charge in [-0.2, -0.15) is 4.98 Å². The molecule has 0 radical (unpaired) electrons. The van der Waals surface area contributed by atoms with E-state index in [2.05, 4.69) is 15.0 Å². The molecule has 0 aliphatic carbocycles. The van der Waals surface area contributed by atoms with Crippen LogP contribution in [0.25, 0.3) is 0 Å². The molecule has 1 aromatic heterocycles. The van der Waals surface area contributed by atoms with Crippen LogP contribution in [-0.2, 0) is 6.61 Å². The number of halogens is 2. The topological polar surface area (TPSA) is 47.4 Å². The van der Waals surface area contributed by atoms with Crippen molar-refractivity contribution in [3.05, 3.63) is 47.7 Å². The average Bonchev–Trinajstić information content (AvgIpc) is 2.40. The Bertz CT molecular complexity index is 602. The standard InChI is InChI=1S/C13H11F2N3O/c1-2-16-12-11(15)7-17-13(18-12)19-8-9-4-3-5-10(14)6-9/h2-7H,8H2,1H3. The SMILES string of the molecule is CC=Nc1nc(OCc2cccc(F)c2)ncc1F. The summed E-state index contributed by atoms with van der Waals surface area (Å²) in [6, 6.07) is 5.95. The predicted octanol–water partition coefficient (Wildman–Crippen LogP) is 3.06. The number of benzene rings is 1. The van der Waals surface area contributed by atoms with Crippen molar-refractivity contribution in [2.45, 2.75) is 13.5 Å². The summed E-state index contributed by atoms with van der Waals surface area (Å²) in [5, 5.41) is 0.